The first kappa shape index (κ1) is 24.3. The molecule has 5 nitrogen and oxygen atoms in total. The predicted molar refractivity (Wildman–Crippen MR) is 109 cm³/mol. The highest BCUT2D eigenvalue weighted by Gasteiger charge is 2.31. The van der Waals surface area contributed by atoms with Gasteiger partial charge in [0.2, 0.25) is 5.91 Å². The van der Waals surface area contributed by atoms with E-state index in [1.807, 2.05) is 0 Å². The van der Waals surface area contributed by atoms with Crippen LogP contribution in [-0.4, -0.2) is 57.2 Å². The van der Waals surface area contributed by atoms with Crippen molar-refractivity contribution in [2.75, 3.05) is 18.1 Å². The standard InChI is InChI=1S/C21H26F3NO4S/c22-21(23,24)16-4-1-3-15(13-16)14-18(26)8-6-17-7-9-19(27)25(17)10-12-30-11-2-5-20(28)29/h1,3-4,6,8,13,17-18,26H,2,5,7,9-12,14H2,(H,28,29)/t17-,18?/m0/s1. The van der Waals surface area contributed by atoms with Gasteiger partial charge in [-0.05, 0) is 30.2 Å². The molecule has 1 aliphatic heterocycles. The summed E-state index contributed by atoms with van der Waals surface area (Å²) in [6.45, 7) is 0.537. The van der Waals surface area contributed by atoms with Crippen LogP contribution in [0.15, 0.2) is 36.4 Å². The molecule has 1 aromatic rings. The Morgan fingerprint density at radius 2 is 2.10 bits per heavy atom. The third-order valence-corrected chi connectivity index (χ3v) is 5.83. The SMILES string of the molecule is O=C(O)CCCSCCN1C(=O)CC[C@@H]1C=CC(O)Cc1cccc(C(F)(F)F)c1. The topological polar surface area (TPSA) is 77.8 Å². The number of nitrogens with zero attached hydrogens (tertiary/aromatic N) is 1. The van der Waals surface area contributed by atoms with Crippen molar-refractivity contribution in [3.63, 3.8) is 0 Å². The maximum Gasteiger partial charge on any atom is 0.416 e. The van der Waals surface area contributed by atoms with Crippen LogP contribution in [0.4, 0.5) is 13.2 Å². The minimum absolute atomic E-state index is 0.0307. The van der Waals surface area contributed by atoms with Gasteiger partial charge in [-0.1, -0.05) is 30.4 Å². The smallest absolute Gasteiger partial charge is 0.416 e. The molecular weight excluding hydrogens is 419 g/mol. The highest BCUT2D eigenvalue weighted by molar-refractivity contribution is 7.99. The molecule has 2 rings (SSSR count). The fourth-order valence-electron chi connectivity index (χ4n) is 3.28. The summed E-state index contributed by atoms with van der Waals surface area (Å²) in [5.41, 5.74) is -0.358. The van der Waals surface area contributed by atoms with Crippen LogP contribution in [0.1, 0.15) is 36.8 Å². The first-order chi connectivity index (χ1) is 14.2. The Balaban J connectivity index is 1.83. The van der Waals surface area contributed by atoms with Gasteiger partial charge in [-0.25, -0.2) is 0 Å². The number of benzene rings is 1. The van der Waals surface area contributed by atoms with Gasteiger partial charge in [0.25, 0.3) is 0 Å². The number of aliphatic hydroxyl groups is 1. The number of aliphatic hydroxyl groups excluding tert-OH is 1. The van der Waals surface area contributed by atoms with E-state index in [9.17, 15) is 27.9 Å². The second kappa shape index (κ2) is 11.4. The van der Waals surface area contributed by atoms with Crippen molar-refractivity contribution in [1.29, 1.82) is 0 Å². The molecule has 0 spiro atoms. The lowest BCUT2D eigenvalue weighted by molar-refractivity contribution is -0.138. The number of halogens is 3. The van der Waals surface area contributed by atoms with Crippen molar-refractivity contribution in [1.82, 2.24) is 4.90 Å². The molecule has 30 heavy (non-hydrogen) atoms. The van der Waals surface area contributed by atoms with Crippen molar-refractivity contribution in [2.45, 2.75) is 50.4 Å². The van der Waals surface area contributed by atoms with Crippen LogP contribution in [0, 0.1) is 0 Å². The third kappa shape index (κ3) is 8.02. The monoisotopic (exact) mass is 445 g/mol. The number of hydrogen-bond donors (Lipinski definition) is 2. The Kier molecular flexibility index (Phi) is 9.23. The number of hydrogen-bond acceptors (Lipinski definition) is 4. The molecular formula is C21H26F3NO4S. The summed E-state index contributed by atoms with van der Waals surface area (Å²) in [6, 6.07) is 4.74. The Morgan fingerprint density at radius 1 is 1.33 bits per heavy atom. The molecule has 2 atom stereocenters. The Labute approximate surface area is 178 Å². The second-order valence-electron chi connectivity index (χ2n) is 7.16. The maximum absolute atomic E-state index is 12.8. The Morgan fingerprint density at radius 3 is 2.80 bits per heavy atom. The molecule has 9 heteroatoms. The predicted octanol–water partition coefficient (Wildman–Crippen LogP) is 3.75. The van der Waals surface area contributed by atoms with E-state index in [4.69, 9.17) is 5.11 Å². The van der Waals surface area contributed by atoms with Crippen LogP contribution in [0.3, 0.4) is 0 Å². The van der Waals surface area contributed by atoms with E-state index in [0.717, 1.165) is 12.1 Å². The maximum atomic E-state index is 12.8. The molecule has 1 aliphatic rings. The number of amides is 1. The quantitative estimate of drug-likeness (QED) is 0.401. The van der Waals surface area contributed by atoms with Crippen LogP contribution >= 0.6 is 11.8 Å². The van der Waals surface area contributed by atoms with Crippen molar-refractivity contribution in [3.05, 3.63) is 47.5 Å². The van der Waals surface area contributed by atoms with Gasteiger partial charge in [-0.2, -0.15) is 24.9 Å². The molecule has 1 amide bonds. The van der Waals surface area contributed by atoms with E-state index in [2.05, 4.69) is 0 Å². The molecule has 2 N–H and O–H groups in total. The van der Waals surface area contributed by atoms with E-state index in [-0.39, 0.29) is 24.8 Å². The zero-order chi connectivity index (χ0) is 22.1. The molecule has 0 aromatic heterocycles. The summed E-state index contributed by atoms with van der Waals surface area (Å²) >= 11 is 1.59. The zero-order valence-electron chi connectivity index (χ0n) is 16.5. The minimum atomic E-state index is -4.42. The van der Waals surface area contributed by atoms with Crippen LogP contribution in [0.25, 0.3) is 0 Å². The van der Waals surface area contributed by atoms with Gasteiger partial charge in [0.15, 0.2) is 0 Å². The molecule has 1 unspecified atom stereocenters. The molecule has 0 saturated carbocycles. The van der Waals surface area contributed by atoms with Gasteiger partial charge in [0.1, 0.15) is 0 Å². The highest BCUT2D eigenvalue weighted by Crippen LogP contribution is 2.29. The molecule has 166 valence electrons. The molecule has 1 aromatic carbocycles. The number of alkyl halides is 3. The zero-order valence-corrected chi connectivity index (χ0v) is 17.3. The van der Waals surface area contributed by atoms with Gasteiger partial charge < -0.3 is 15.1 Å². The normalized spacial score (nSPS) is 18.3. The van der Waals surface area contributed by atoms with Crippen LogP contribution < -0.4 is 0 Å². The van der Waals surface area contributed by atoms with Gasteiger partial charge in [0, 0.05) is 31.6 Å². The average Bonchev–Trinajstić information content (AvgIpc) is 3.02. The van der Waals surface area contributed by atoms with E-state index >= 15 is 0 Å². The summed E-state index contributed by atoms with van der Waals surface area (Å²) in [4.78, 5) is 24.3. The van der Waals surface area contributed by atoms with Gasteiger partial charge in [-0.3, -0.25) is 9.59 Å². The highest BCUT2D eigenvalue weighted by atomic mass is 32.2. The van der Waals surface area contributed by atoms with E-state index in [0.29, 0.717) is 42.9 Å². The summed E-state index contributed by atoms with van der Waals surface area (Å²) in [6.07, 6.45) is -0.263. The fourth-order valence-corrected chi connectivity index (χ4v) is 4.16. The first-order valence-corrected chi connectivity index (χ1v) is 10.9. The number of aliphatic carboxylic acids is 1. The summed E-state index contributed by atoms with van der Waals surface area (Å²) < 4.78 is 38.4. The molecule has 0 bridgehead atoms. The summed E-state index contributed by atoms with van der Waals surface area (Å²) in [7, 11) is 0. The number of rotatable bonds is 11. The lowest BCUT2D eigenvalue weighted by Gasteiger charge is -2.22. The van der Waals surface area contributed by atoms with Gasteiger partial charge >= 0.3 is 12.1 Å². The summed E-state index contributed by atoms with van der Waals surface area (Å²) in [5.74, 6) is 0.620. The number of carbonyl (C=O) groups is 2. The third-order valence-electron chi connectivity index (χ3n) is 4.79. The van der Waals surface area contributed by atoms with Crippen LogP contribution in [0.5, 0.6) is 0 Å². The average molecular weight is 446 g/mol. The Bertz CT molecular complexity index is 754. The second-order valence-corrected chi connectivity index (χ2v) is 8.38. The summed E-state index contributed by atoms with van der Waals surface area (Å²) in [5, 5.41) is 18.8. The molecule has 0 aliphatic carbocycles. The number of carboxylic acid groups (broad SMARTS) is 1. The van der Waals surface area contributed by atoms with Gasteiger partial charge in [-0.15, -0.1) is 0 Å². The lowest BCUT2D eigenvalue weighted by Crippen LogP contribution is -2.34. The molecule has 1 saturated heterocycles. The van der Waals surface area contributed by atoms with Crippen LogP contribution in [-0.2, 0) is 22.2 Å². The van der Waals surface area contributed by atoms with Crippen molar-refractivity contribution >= 4 is 23.6 Å². The van der Waals surface area contributed by atoms with Crippen molar-refractivity contribution in [3.8, 4) is 0 Å². The number of carbonyl (C=O) groups excluding carboxylic acids is 1. The van der Waals surface area contributed by atoms with Gasteiger partial charge in [0.05, 0.1) is 17.7 Å². The van der Waals surface area contributed by atoms with E-state index < -0.39 is 23.8 Å². The van der Waals surface area contributed by atoms with E-state index in [1.165, 1.54) is 12.1 Å². The van der Waals surface area contributed by atoms with Crippen molar-refractivity contribution < 1.29 is 33.0 Å². The molecule has 0 radical (unpaired) electrons. The number of carboxylic acids is 1. The molecule has 1 heterocycles. The van der Waals surface area contributed by atoms with Crippen molar-refractivity contribution in [2.24, 2.45) is 0 Å². The number of thioether (sulfide) groups is 1. The first-order valence-electron chi connectivity index (χ1n) is 9.78. The Hall–Kier alpha value is -2.00. The lowest BCUT2D eigenvalue weighted by atomic mass is 10.0. The largest absolute Gasteiger partial charge is 0.481 e. The van der Waals surface area contributed by atoms with Crippen LogP contribution in [0.2, 0.25) is 0 Å². The fraction of sp³-hybridized carbons (Fsp3) is 0.524. The molecule has 1 fully saturated rings. The number of likely N-dealkylation sites (tertiary alicyclic amines) is 1. The van der Waals surface area contributed by atoms with E-state index in [1.54, 1.807) is 28.8 Å². The minimum Gasteiger partial charge on any atom is -0.481 e.